The number of aliphatic imine (C=N–C) groups is 1. The molecule has 0 aliphatic carbocycles. The van der Waals surface area contributed by atoms with E-state index in [9.17, 15) is 0 Å². The van der Waals surface area contributed by atoms with Crippen LogP contribution in [0.1, 0.15) is 12.1 Å². The van der Waals surface area contributed by atoms with Crippen molar-refractivity contribution in [2.75, 3.05) is 19.3 Å². The van der Waals surface area contributed by atoms with E-state index in [1.165, 1.54) is 0 Å². The first-order chi connectivity index (χ1) is 10.4. The minimum absolute atomic E-state index is 0.675. The lowest BCUT2D eigenvalue weighted by Gasteiger charge is -2.11. The number of nitrogens with one attached hydrogen (secondary N) is 2. The molecule has 5 nitrogen and oxygen atoms in total. The molecule has 7 heteroatoms. The number of aromatic nitrogens is 2. The minimum atomic E-state index is 0.675. The Hall–Kier alpha value is -1.60. The molecule has 0 aliphatic heterocycles. The fourth-order valence-electron chi connectivity index (χ4n) is 1.62. The quantitative estimate of drug-likeness (QED) is 0.355. The van der Waals surface area contributed by atoms with Gasteiger partial charge in [0.2, 0.25) is 0 Å². The summed E-state index contributed by atoms with van der Waals surface area (Å²) in [7, 11) is 1.78. The van der Waals surface area contributed by atoms with Gasteiger partial charge in [0.1, 0.15) is 4.34 Å². The van der Waals surface area contributed by atoms with E-state index >= 15 is 0 Å². The minimum Gasteiger partial charge on any atom is -0.356 e. The monoisotopic (exact) mass is 321 g/mol. The van der Waals surface area contributed by atoms with Crippen LogP contribution in [0.5, 0.6) is 0 Å². The van der Waals surface area contributed by atoms with Gasteiger partial charge < -0.3 is 10.6 Å². The highest BCUT2D eigenvalue weighted by Crippen LogP contribution is 2.20. The number of rotatable bonds is 7. The average Bonchev–Trinajstić information content (AvgIpc) is 3.04. The van der Waals surface area contributed by atoms with E-state index in [-0.39, 0.29) is 0 Å². The van der Waals surface area contributed by atoms with Gasteiger partial charge in [-0.15, -0.1) is 11.3 Å². The van der Waals surface area contributed by atoms with Gasteiger partial charge in [-0.1, -0.05) is 17.8 Å². The second-order valence-corrected chi connectivity index (χ2v) is 6.41. The second kappa shape index (κ2) is 9.36. The van der Waals surface area contributed by atoms with Crippen LogP contribution < -0.4 is 10.6 Å². The highest BCUT2D eigenvalue weighted by Gasteiger charge is 1.99. The average molecular weight is 321 g/mol. The van der Waals surface area contributed by atoms with Crippen molar-refractivity contribution in [3.05, 3.63) is 41.7 Å². The van der Waals surface area contributed by atoms with Crippen molar-refractivity contribution in [2.24, 2.45) is 4.99 Å². The van der Waals surface area contributed by atoms with Crippen molar-refractivity contribution in [1.82, 2.24) is 20.6 Å². The highest BCUT2D eigenvalue weighted by molar-refractivity contribution is 8.00. The summed E-state index contributed by atoms with van der Waals surface area (Å²) in [6.45, 7) is 1.56. The zero-order chi connectivity index (χ0) is 14.8. The topological polar surface area (TPSA) is 62.2 Å². The van der Waals surface area contributed by atoms with Crippen LogP contribution in [-0.2, 0) is 6.54 Å². The summed E-state index contributed by atoms with van der Waals surface area (Å²) in [5.41, 5.74) is 1.000. The summed E-state index contributed by atoms with van der Waals surface area (Å²) >= 11 is 3.48. The van der Waals surface area contributed by atoms with E-state index in [1.807, 2.05) is 29.8 Å². The van der Waals surface area contributed by atoms with Crippen molar-refractivity contribution in [3.8, 4) is 0 Å². The maximum absolute atomic E-state index is 4.27. The van der Waals surface area contributed by atoms with Crippen molar-refractivity contribution < 1.29 is 0 Å². The molecular formula is C14H19N5S2. The van der Waals surface area contributed by atoms with Gasteiger partial charge in [0.05, 0.1) is 12.2 Å². The first-order valence-electron chi connectivity index (χ1n) is 6.75. The third-order valence-corrected chi connectivity index (χ3v) is 4.69. The molecule has 0 amide bonds. The molecule has 2 rings (SSSR count). The van der Waals surface area contributed by atoms with E-state index in [4.69, 9.17) is 0 Å². The molecule has 0 aromatic carbocycles. The Labute approximate surface area is 133 Å². The van der Waals surface area contributed by atoms with Crippen LogP contribution in [0.15, 0.2) is 45.3 Å². The first-order valence-corrected chi connectivity index (χ1v) is 8.61. The molecular weight excluding hydrogens is 302 g/mol. The predicted molar refractivity (Wildman–Crippen MR) is 89.9 cm³/mol. The molecule has 0 unspecified atom stereocenters. The summed E-state index contributed by atoms with van der Waals surface area (Å²) in [5.74, 6) is 1.86. The lowest BCUT2D eigenvalue weighted by atomic mass is 10.3. The lowest BCUT2D eigenvalue weighted by Crippen LogP contribution is -2.37. The summed E-state index contributed by atoms with van der Waals surface area (Å²) in [6.07, 6.45) is 4.70. The third-order valence-electron chi connectivity index (χ3n) is 2.64. The Bertz CT molecular complexity index is 528. The van der Waals surface area contributed by atoms with E-state index in [0.29, 0.717) is 6.54 Å². The maximum atomic E-state index is 4.27. The van der Waals surface area contributed by atoms with Crippen molar-refractivity contribution in [2.45, 2.75) is 17.3 Å². The number of hydrogen-bond acceptors (Lipinski definition) is 5. The zero-order valence-corrected chi connectivity index (χ0v) is 13.6. The van der Waals surface area contributed by atoms with Crippen LogP contribution in [0.2, 0.25) is 0 Å². The Kier molecular flexibility index (Phi) is 7.03. The molecule has 112 valence electrons. The van der Waals surface area contributed by atoms with E-state index < -0.39 is 0 Å². The number of thiazole rings is 1. The van der Waals surface area contributed by atoms with Gasteiger partial charge >= 0.3 is 0 Å². The standard InChI is InChI=1S/C14H19N5S2/c1-15-13(19-11-12-5-2-3-6-16-12)17-7-4-9-20-14-18-8-10-21-14/h2-3,5-6,8,10H,4,7,9,11H2,1H3,(H2,15,17,19). The number of hydrogen-bond donors (Lipinski definition) is 2. The van der Waals surface area contributed by atoms with Gasteiger partial charge in [-0.2, -0.15) is 0 Å². The molecule has 0 fully saturated rings. The van der Waals surface area contributed by atoms with Gasteiger partial charge in [-0.25, -0.2) is 4.98 Å². The third kappa shape index (κ3) is 6.14. The van der Waals surface area contributed by atoms with Crippen LogP contribution in [0.4, 0.5) is 0 Å². The van der Waals surface area contributed by atoms with E-state index in [1.54, 1.807) is 36.3 Å². The molecule has 2 N–H and O–H groups in total. The number of guanidine groups is 1. The fraction of sp³-hybridized carbons (Fsp3) is 0.357. The second-order valence-electron chi connectivity index (χ2n) is 4.17. The van der Waals surface area contributed by atoms with Crippen LogP contribution in [-0.4, -0.2) is 35.3 Å². The summed E-state index contributed by atoms with van der Waals surface area (Å²) in [5, 5.41) is 8.55. The van der Waals surface area contributed by atoms with Crippen molar-refractivity contribution in [3.63, 3.8) is 0 Å². The van der Waals surface area contributed by atoms with Crippen molar-refractivity contribution >= 4 is 29.1 Å². The van der Waals surface area contributed by atoms with E-state index in [0.717, 1.165) is 34.7 Å². The number of nitrogens with zero attached hydrogens (tertiary/aromatic N) is 3. The Morgan fingerprint density at radius 1 is 1.29 bits per heavy atom. The molecule has 0 spiro atoms. The molecule has 0 saturated heterocycles. The molecule has 0 radical (unpaired) electrons. The highest BCUT2D eigenvalue weighted by atomic mass is 32.2. The summed E-state index contributed by atoms with van der Waals surface area (Å²) in [6, 6.07) is 5.89. The van der Waals surface area contributed by atoms with Gasteiger partial charge in [-0.3, -0.25) is 9.98 Å². The molecule has 2 heterocycles. The smallest absolute Gasteiger partial charge is 0.191 e. The van der Waals surface area contributed by atoms with Gasteiger partial charge in [0.15, 0.2) is 5.96 Å². The van der Waals surface area contributed by atoms with Crippen LogP contribution in [0.3, 0.4) is 0 Å². The van der Waals surface area contributed by atoms with Crippen LogP contribution in [0, 0.1) is 0 Å². The number of pyridine rings is 1. The summed E-state index contributed by atoms with van der Waals surface area (Å²) in [4.78, 5) is 12.7. The van der Waals surface area contributed by atoms with Crippen LogP contribution >= 0.6 is 23.1 Å². The van der Waals surface area contributed by atoms with Gasteiger partial charge in [0, 0.05) is 37.1 Å². The largest absolute Gasteiger partial charge is 0.356 e. The Morgan fingerprint density at radius 2 is 2.24 bits per heavy atom. The van der Waals surface area contributed by atoms with Gasteiger partial charge in [-0.05, 0) is 18.6 Å². The fourth-order valence-corrected chi connectivity index (χ4v) is 3.27. The molecule has 2 aromatic rings. The summed E-state index contributed by atoms with van der Waals surface area (Å²) < 4.78 is 1.13. The Morgan fingerprint density at radius 3 is 2.95 bits per heavy atom. The zero-order valence-electron chi connectivity index (χ0n) is 12.0. The maximum Gasteiger partial charge on any atom is 0.191 e. The number of thioether (sulfide) groups is 1. The molecule has 2 aromatic heterocycles. The normalized spacial score (nSPS) is 11.4. The SMILES string of the molecule is CN=C(NCCCSc1nccs1)NCc1ccccn1. The van der Waals surface area contributed by atoms with Gasteiger partial charge in [0.25, 0.3) is 0 Å². The lowest BCUT2D eigenvalue weighted by molar-refractivity contribution is 0.776. The molecule has 21 heavy (non-hydrogen) atoms. The predicted octanol–water partition coefficient (Wildman–Crippen LogP) is 2.39. The molecule has 0 aliphatic rings. The van der Waals surface area contributed by atoms with Crippen LogP contribution in [0.25, 0.3) is 0 Å². The first kappa shape index (κ1) is 15.8. The van der Waals surface area contributed by atoms with Crippen molar-refractivity contribution in [1.29, 1.82) is 0 Å². The molecule has 0 bridgehead atoms. The Balaban J connectivity index is 1.59. The van der Waals surface area contributed by atoms with E-state index in [2.05, 4.69) is 25.6 Å². The molecule has 0 saturated carbocycles. The molecule has 0 atom stereocenters.